The Bertz CT molecular complexity index is 4590. The number of carbonyl (C=O) groups excluding carboxylic acids is 6. The highest BCUT2D eigenvalue weighted by Gasteiger charge is 2.50. The first kappa shape index (κ1) is 85.9. The second-order valence-electron chi connectivity index (χ2n) is 31.3. The van der Waals surface area contributed by atoms with Crippen LogP contribution in [0.15, 0.2) is 147 Å². The molecular weight excluding hydrogens is 1550 g/mol. The summed E-state index contributed by atoms with van der Waals surface area (Å²) in [5.41, 5.74) is 1.00. The number of aromatic nitrogens is 1. The van der Waals surface area contributed by atoms with E-state index in [9.17, 15) is 63.9 Å². The third-order valence-electron chi connectivity index (χ3n) is 22.0. The molecular formula is C82H103ClF3N11O12S4. The van der Waals surface area contributed by atoms with Crippen LogP contribution in [-0.4, -0.2) is 221 Å². The van der Waals surface area contributed by atoms with Crippen LogP contribution < -0.4 is 25.6 Å². The number of allylic oxidation sites excluding steroid dienone is 1. The third kappa shape index (κ3) is 22.2. The minimum atomic E-state index is -6.12. The van der Waals surface area contributed by atoms with Crippen molar-refractivity contribution in [2.75, 3.05) is 114 Å². The maximum Gasteiger partial charge on any atom is 0.501 e. The number of sulfone groups is 1. The van der Waals surface area contributed by atoms with Crippen LogP contribution in [0.4, 0.5) is 24.5 Å². The molecule has 5 aliphatic rings. The standard InChI is InChI=1S/C82H103ClF3N11O12S4/c1-55(57-17-19-59(20-18-57)74-56(2)87-54-111-74)88-77(102)70-49-65(98)53-97(70)78(103)75(80(3,4)5)90-72(99)15-11-8-12-16-73(100)95-40-42-96(43-41-95)79(104)81(6)34-31-68(58-21-25-62(83)26-22-58)61(51-81)52-93-36-38-94(39-37-93)64-27-23-60(24-28-64)76(101)91-113(107,108)67-29-30-69(71(50-67)112(105,106)82(84,85)86)89-63(32-35-92-44-46-109-47-45-92)33-48-110-66-13-9-7-10-14-66/h7,9-10,13-14,17-30,50,54-55,63,65,70,75,89,98H,8,11-12,15-16,31-49,51-53H2,1-6H3,(H,88,102)(H,90,99)(H,91,101)/t55-,63+,65+,70-,75+,81?/m0/s1. The van der Waals surface area contributed by atoms with Gasteiger partial charge in [-0.2, -0.15) is 13.2 Å². The molecule has 4 aliphatic heterocycles. The highest BCUT2D eigenvalue weighted by molar-refractivity contribution is 7.99. The summed E-state index contributed by atoms with van der Waals surface area (Å²) >= 11 is 9.47. The number of benzene rings is 5. The lowest BCUT2D eigenvalue weighted by Gasteiger charge is -2.43. The van der Waals surface area contributed by atoms with Crippen LogP contribution in [-0.2, 0) is 48.6 Å². The van der Waals surface area contributed by atoms with Crippen molar-refractivity contribution < 1.29 is 68.6 Å². The van der Waals surface area contributed by atoms with Crippen molar-refractivity contribution in [1.29, 1.82) is 0 Å². The van der Waals surface area contributed by atoms with Gasteiger partial charge < -0.3 is 45.4 Å². The highest BCUT2D eigenvalue weighted by atomic mass is 35.5. The number of β-amino-alcohol motifs (C(OH)–C–C–N with tert-alkyl or cyclic N) is 1. The molecule has 5 aromatic carbocycles. The molecule has 113 heavy (non-hydrogen) atoms. The van der Waals surface area contributed by atoms with E-state index in [2.05, 4.69) is 35.6 Å². The first-order chi connectivity index (χ1) is 53.7. The maximum absolute atomic E-state index is 14.8. The monoisotopic (exact) mass is 1650 g/mol. The number of piperazine rings is 2. The Morgan fingerprint density at radius 3 is 2.09 bits per heavy atom. The van der Waals surface area contributed by atoms with Gasteiger partial charge >= 0.3 is 5.51 Å². The number of alkyl halides is 3. The number of thioether (sulfide) groups is 1. The van der Waals surface area contributed by atoms with Gasteiger partial charge in [-0.3, -0.25) is 38.6 Å². The van der Waals surface area contributed by atoms with Gasteiger partial charge in [-0.05, 0) is 159 Å². The Labute approximate surface area is 674 Å². The van der Waals surface area contributed by atoms with Crippen molar-refractivity contribution in [3.8, 4) is 10.4 Å². The molecule has 0 bridgehead atoms. The van der Waals surface area contributed by atoms with E-state index in [4.69, 9.17) is 16.3 Å². The molecule has 1 aromatic heterocycles. The largest absolute Gasteiger partial charge is 0.501 e. The number of amides is 6. The number of hydrogen-bond donors (Lipinski definition) is 5. The zero-order valence-electron chi connectivity index (χ0n) is 64.8. The van der Waals surface area contributed by atoms with Gasteiger partial charge in [0.15, 0.2) is 0 Å². The molecule has 6 aromatic rings. The molecule has 5 heterocycles. The van der Waals surface area contributed by atoms with E-state index in [-0.39, 0.29) is 55.1 Å². The normalized spacial score (nSPS) is 19.8. The van der Waals surface area contributed by atoms with Gasteiger partial charge in [-0.25, -0.2) is 26.5 Å². The molecule has 6 amide bonds. The Balaban J connectivity index is 0.636. The molecule has 0 radical (unpaired) electrons. The van der Waals surface area contributed by atoms with Crippen molar-refractivity contribution in [2.45, 2.75) is 163 Å². The Morgan fingerprint density at radius 1 is 0.770 bits per heavy atom. The van der Waals surface area contributed by atoms with Crippen LogP contribution in [0.3, 0.4) is 0 Å². The molecule has 1 aliphatic carbocycles. The van der Waals surface area contributed by atoms with Gasteiger partial charge in [0.1, 0.15) is 17.0 Å². The fraction of sp³-hybridized carbons (Fsp3) is 0.500. The summed E-state index contributed by atoms with van der Waals surface area (Å²) in [5, 5.41) is 20.4. The van der Waals surface area contributed by atoms with E-state index >= 15 is 0 Å². The topological polar surface area (TPSA) is 281 Å². The highest BCUT2D eigenvalue weighted by Crippen LogP contribution is 2.45. The van der Waals surface area contributed by atoms with Crippen molar-refractivity contribution >= 4 is 107 Å². The van der Waals surface area contributed by atoms with E-state index in [1.165, 1.54) is 28.8 Å². The number of aliphatic hydroxyl groups excluding tert-OH is 1. The van der Waals surface area contributed by atoms with Gasteiger partial charge in [0.2, 0.25) is 29.5 Å². The molecule has 6 atom stereocenters. The zero-order valence-corrected chi connectivity index (χ0v) is 68.8. The lowest BCUT2D eigenvalue weighted by molar-refractivity contribution is -0.146. The molecule has 5 N–H and O–H groups in total. The second kappa shape index (κ2) is 37.8. The summed E-state index contributed by atoms with van der Waals surface area (Å²) < 4.78 is 105. The molecule has 31 heteroatoms. The summed E-state index contributed by atoms with van der Waals surface area (Å²) in [5.74, 6) is -1.70. The summed E-state index contributed by atoms with van der Waals surface area (Å²) in [6.45, 7) is 18.8. The molecule has 0 saturated carbocycles. The molecule has 23 nitrogen and oxygen atoms in total. The molecule has 4 fully saturated rings. The first-order valence-electron chi connectivity index (χ1n) is 38.7. The van der Waals surface area contributed by atoms with E-state index in [0.717, 1.165) is 61.1 Å². The van der Waals surface area contributed by atoms with E-state index in [1.54, 1.807) is 33.9 Å². The van der Waals surface area contributed by atoms with Gasteiger partial charge in [0.05, 0.1) is 57.4 Å². The number of thiazole rings is 1. The number of ether oxygens (including phenoxy) is 1. The number of carbonyl (C=O) groups is 6. The quantitative estimate of drug-likeness (QED) is 0.0207. The minimum Gasteiger partial charge on any atom is -0.391 e. The lowest BCUT2D eigenvalue weighted by Crippen LogP contribution is -2.57. The minimum absolute atomic E-state index is 0.0244. The number of likely N-dealkylation sites (tertiary alicyclic amines) is 1. The van der Waals surface area contributed by atoms with Gasteiger partial charge in [-0.1, -0.05) is 106 Å². The van der Waals surface area contributed by atoms with Crippen LogP contribution in [0, 0.1) is 17.8 Å². The predicted molar refractivity (Wildman–Crippen MR) is 433 cm³/mol. The van der Waals surface area contributed by atoms with Crippen molar-refractivity contribution in [3.05, 3.63) is 160 Å². The second-order valence-corrected chi connectivity index (χ2v) is 37.4. The average Bonchev–Trinajstić information content (AvgIpc) is 1.66. The van der Waals surface area contributed by atoms with Crippen molar-refractivity contribution in [2.24, 2.45) is 10.8 Å². The van der Waals surface area contributed by atoms with Crippen molar-refractivity contribution in [1.82, 2.24) is 44.8 Å². The fourth-order valence-electron chi connectivity index (χ4n) is 15.4. The summed E-state index contributed by atoms with van der Waals surface area (Å²) in [6, 6.07) is 31.0. The van der Waals surface area contributed by atoms with Crippen LogP contribution in [0.5, 0.6) is 0 Å². The van der Waals surface area contributed by atoms with Crippen LogP contribution in [0.25, 0.3) is 16.0 Å². The number of nitrogens with zero attached hydrogens (tertiary/aromatic N) is 7. The molecule has 0 spiro atoms. The zero-order chi connectivity index (χ0) is 81.0. The van der Waals surface area contributed by atoms with Crippen LogP contribution in [0.1, 0.15) is 138 Å². The summed E-state index contributed by atoms with van der Waals surface area (Å²) in [4.78, 5) is 99.7. The summed E-state index contributed by atoms with van der Waals surface area (Å²) in [6.07, 6.45) is 3.80. The number of halogens is 4. The Hall–Kier alpha value is -7.94. The van der Waals surface area contributed by atoms with Crippen LogP contribution >= 0.6 is 34.7 Å². The third-order valence-corrected chi connectivity index (χ3v) is 27.2. The smallest absolute Gasteiger partial charge is 0.391 e. The Kier molecular flexibility index (Phi) is 28.7. The number of unbranched alkanes of at least 4 members (excludes halogenated alkanes) is 2. The summed E-state index contributed by atoms with van der Waals surface area (Å²) in [7, 11) is -11.1. The van der Waals surface area contributed by atoms with E-state index in [1.807, 2.05) is 130 Å². The Morgan fingerprint density at radius 2 is 1.43 bits per heavy atom. The van der Waals surface area contributed by atoms with Crippen LogP contribution in [0.2, 0.25) is 5.02 Å². The molecule has 4 saturated heterocycles. The lowest BCUT2D eigenvalue weighted by atomic mass is 9.70. The maximum atomic E-state index is 14.8. The number of sulfonamides is 1. The molecule has 1 unspecified atom stereocenters. The number of morpholine rings is 1. The first-order valence-corrected chi connectivity index (χ1v) is 43.9. The number of aryl methyl sites for hydroxylation is 1. The number of aliphatic hydroxyl groups is 1. The predicted octanol–water partition coefficient (Wildman–Crippen LogP) is 11.6. The molecule has 610 valence electrons. The van der Waals surface area contributed by atoms with Gasteiger partial charge in [0, 0.05) is 132 Å². The van der Waals surface area contributed by atoms with Gasteiger partial charge in [-0.15, -0.1) is 23.1 Å². The molecule has 11 rings (SSSR count). The number of anilines is 2. The number of hydrogen-bond acceptors (Lipinski definition) is 19. The van der Waals surface area contributed by atoms with E-state index in [0.29, 0.717) is 160 Å². The fourth-order valence-corrected chi connectivity index (χ4v) is 19.4. The average molecular weight is 1660 g/mol. The van der Waals surface area contributed by atoms with E-state index < -0.39 is 93.6 Å². The van der Waals surface area contributed by atoms with Crippen molar-refractivity contribution in [3.63, 3.8) is 0 Å². The SMILES string of the molecule is Cc1ncsc1-c1ccc([C@H](C)NC(=O)[C@@H]2C[C@@H](O)CN2C(=O)[C@@H](NC(=O)CCCCCC(=O)N2CCN(C(=O)C3(C)CCC(c4ccc(Cl)cc4)=C(CN4CCN(c5ccc(C(=O)NS(=O)(=O)c6ccc(N[C@@H](CCSc7ccccc7)CCN7CCOCC7)c(S(=O)(=O)C(F)(F)F)c6)cc5)CC4)C3)CC2)C(C)(C)C)cc1. The number of nitrogens with one attached hydrogen (secondary N) is 4. The van der Waals surface area contributed by atoms with Gasteiger partial charge in [0.25, 0.3) is 25.8 Å². The number of rotatable bonds is 30.